The summed E-state index contributed by atoms with van der Waals surface area (Å²) in [5, 5.41) is 17.1. The number of thiazole rings is 1. The highest BCUT2D eigenvalue weighted by atomic mass is 32.1. The second-order valence-electron chi connectivity index (χ2n) is 9.75. The van der Waals surface area contributed by atoms with Crippen LogP contribution in [0.5, 0.6) is 0 Å². The predicted octanol–water partition coefficient (Wildman–Crippen LogP) is 4.87. The Balaban J connectivity index is 1.75. The number of alkyl carbamates (subject to hydrolysis) is 2. The van der Waals surface area contributed by atoms with Crippen molar-refractivity contribution in [2.75, 3.05) is 0 Å². The van der Waals surface area contributed by atoms with Crippen molar-refractivity contribution in [3.8, 4) is 0 Å². The van der Waals surface area contributed by atoms with E-state index >= 15 is 0 Å². The molecule has 2 aromatic carbocycles. The molecule has 0 fully saturated rings. The first-order chi connectivity index (χ1) is 17.7. The molecule has 2 amide bonds. The Morgan fingerprint density at radius 3 is 2.16 bits per heavy atom. The second-order valence-corrected chi connectivity index (χ2v) is 10.7. The molecule has 8 nitrogen and oxygen atoms in total. The Hall–Kier alpha value is -3.43. The molecular formula is C28H35N3O5S. The van der Waals surface area contributed by atoms with Crippen LogP contribution in [0.2, 0.25) is 0 Å². The molecule has 3 aromatic rings. The van der Waals surface area contributed by atoms with Gasteiger partial charge in [-0.1, -0.05) is 60.7 Å². The lowest BCUT2D eigenvalue weighted by molar-refractivity contribution is 0.0356. The van der Waals surface area contributed by atoms with Crippen LogP contribution in [0.4, 0.5) is 9.59 Å². The molecular weight excluding hydrogens is 490 g/mol. The molecule has 0 saturated carbocycles. The van der Waals surface area contributed by atoms with E-state index in [1.165, 1.54) is 11.3 Å². The van der Waals surface area contributed by atoms with Gasteiger partial charge in [-0.15, -0.1) is 11.3 Å². The first-order valence-corrected chi connectivity index (χ1v) is 13.1. The second kappa shape index (κ2) is 13.8. The maximum Gasteiger partial charge on any atom is 0.407 e. The van der Waals surface area contributed by atoms with Gasteiger partial charge in [0.05, 0.1) is 23.7 Å². The zero-order valence-electron chi connectivity index (χ0n) is 21.4. The van der Waals surface area contributed by atoms with Gasteiger partial charge in [-0.3, -0.25) is 4.98 Å². The number of rotatable bonds is 11. The van der Waals surface area contributed by atoms with Crippen LogP contribution < -0.4 is 10.6 Å². The maximum atomic E-state index is 12.7. The zero-order valence-corrected chi connectivity index (χ0v) is 22.2. The topological polar surface area (TPSA) is 110 Å². The van der Waals surface area contributed by atoms with Gasteiger partial charge in [0.25, 0.3) is 0 Å². The summed E-state index contributed by atoms with van der Waals surface area (Å²) < 4.78 is 10.9. The largest absolute Gasteiger partial charge is 0.445 e. The fourth-order valence-electron chi connectivity index (χ4n) is 3.77. The zero-order chi connectivity index (χ0) is 26.7. The molecule has 1 heterocycles. The van der Waals surface area contributed by atoms with Crippen LogP contribution in [0.3, 0.4) is 0 Å². The molecule has 0 aliphatic rings. The van der Waals surface area contributed by atoms with Crippen LogP contribution in [0, 0.1) is 0 Å². The van der Waals surface area contributed by atoms with Crippen molar-refractivity contribution in [3.05, 3.63) is 88.4 Å². The molecule has 0 bridgehead atoms. The summed E-state index contributed by atoms with van der Waals surface area (Å²) in [4.78, 5) is 30.5. The third-order valence-electron chi connectivity index (χ3n) is 5.53. The quantitative estimate of drug-likeness (QED) is 0.330. The molecule has 0 saturated heterocycles. The van der Waals surface area contributed by atoms with Gasteiger partial charge in [0.15, 0.2) is 0 Å². The van der Waals surface area contributed by atoms with Crippen LogP contribution in [-0.2, 0) is 28.9 Å². The van der Waals surface area contributed by atoms with Gasteiger partial charge in [-0.05, 0) is 51.2 Å². The number of nitrogens with zero attached hydrogens (tertiary/aromatic N) is 1. The molecule has 1 aromatic heterocycles. The summed E-state index contributed by atoms with van der Waals surface area (Å²) in [6, 6.07) is 17.5. The normalized spacial score (nSPS) is 13.7. The highest BCUT2D eigenvalue weighted by Crippen LogP contribution is 2.17. The Morgan fingerprint density at radius 1 is 0.946 bits per heavy atom. The number of aromatic nitrogens is 1. The SMILES string of the molecule is CC(C)(C)OC(=O)N[C@@H](Cc1ccccc1)[C@@H](O)[C@H](CCc1cncs1)NC(=O)OCc1ccccc1. The van der Waals surface area contributed by atoms with Crippen molar-refractivity contribution in [3.63, 3.8) is 0 Å². The van der Waals surface area contributed by atoms with Gasteiger partial charge in [0.1, 0.15) is 12.2 Å². The van der Waals surface area contributed by atoms with Gasteiger partial charge >= 0.3 is 12.2 Å². The van der Waals surface area contributed by atoms with Gasteiger partial charge in [0, 0.05) is 11.1 Å². The van der Waals surface area contributed by atoms with E-state index in [1.54, 1.807) is 32.5 Å². The van der Waals surface area contributed by atoms with Crippen molar-refractivity contribution >= 4 is 23.5 Å². The van der Waals surface area contributed by atoms with Crippen molar-refractivity contribution in [2.45, 2.75) is 70.4 Å². The molecule has 0 radical (unpaired) electrons. The number of aryl methyl sites for hydroxylation is 1. The van der Waals surface area contributed by atoms with E-state index in [0.717, 1.165) is 16.0 Å². The maximum absolute atomic E-state index is 12.7. The first kappa shape index (κ1) is 28.1. The molecule has 0 aliphatic heterocycles. The lowest BCUT2D eigenvalue weighted by Crippen LogP contribution is -2.55. The van der Waals surface area contributed by atoms with E-state index in [1.807, 2.05) is 60.7 Å². The average Bonchev–Trinajstić information content (AvgIpc) is 3.38. The third kappa shape index (κ3) is 10.2. The number of aliphatic hydroxyl groups excluding tert-OH is 1. The van der Waals surface area contributed by atoms with E-state index in [-0.39, 0.29) is 6.61 Å². The molecule has 3 N–H and O–H groups in total. The number of carbonyl (C=O) groups excluding carboxylic acids is 2. The van der Waals surface area contributed by atoms with E-state index < -0.39 is 36.0 Å². The molecule has 3 rings (SSSR count). The Bertz CT molecular complexity index is 1090. The molecule has 198 valence electrons. The summed E-state index contributed by atoms with van der Waals surface area (Å²) >= 11 is 1.50. The third-order valence-corrected chi connectivity index (χ3v) is 6.37. The van der Waals surface area contributed by atoms with Gasteiger partial charge in [-0.25, -0.2) is 9.59 Å². The molecule has 0 spiro atoms. The number of aliphatic hydroxyl groups is 1. The Kier molecular flexibility index (Phi) is 10.5. The van der Waals surface area contributed by atoms with Crippen LogP contribution >= 0.6 is 11.3 Å². The summed E-state index contributed by atoms with van der Waals surface area (Å²) in [5.41, 5.74) is 2.82. The number of ether oxygens (including phenoxy) is 2. The lowest BCUT2D eigenvalue weighted by Gasteiger charge is -2.32. The van der Waals surface area contributed by atoms with Crippen molar-refractivity contribution in [1.82, 2.24) is 15.6 Å². The number of carbonyl (C=O) groups is 2. The van der Waals surface area contributed by atoms with Gasteiger partial charge in [-0.2, -0.15) is 0 Å². The van der Waals surface area contributed by atoms with E-state index in [9.17, 15) is 14.7 Å². The van der Waals surface area contributed by atoms with Crippen molar-refractivity contribution < 1.29 is 24.2 Å². The smallest absolute Gasteiger partial charge is 0.407 e. The van der Waals surface area contributed by atoms with Gasteiger partial charge in [0.2, 0.25) is 0 Å². The first-order valence-electron chi connectivity index (χ1n) is 12.3. The van der Waals surface area contributed by atoms with E-state index in [0.29, 0.717) is 19.3 Å². The summed E-state index contributed by atoms with van der Waals surface area (Å²) in [5.74, 6) is 0. The highest BCUT2D eigenvalue weighted by molar-refractivity contribution is 7.09. The van der Waals surface area contributed by atoms with Crippen LogP contribution in [-0.4, -0.2) is 46.1 Å². The van der Waals surface area contributed by atoms with Crippen LogP contribution in [0.1, 0.15) is 43.2 Å². The monoisotopic (exact) mass is 525 g/mol. The lowest BCUT2D eigenvalue weighted by atomic mass is 9.93. The molecule has 0 unspecified atom stereocenters. The van der Waals surface area contributed by atoms with Crippen molar-refractivity contribution in [2.24, 2.45) is 0 Å². The summed E-state index contributed by atoms with van der Waals surface area (Å²) in [6.07, 6.45) is 0.723. The number of hydrogen-bond donors (Lipinski definition) is 3. The minimum atomic E-state index is -1.12. The fraction of sp³-hybridized carbons (Fsp3) is 0.393. The minimum Gasteiger partial charge on any atom is -0.445 e. The van der Waals surface area contributed by atoms with Crippen LogP contribution in [0.25, 0.3) is 0 Å². The summed E-state index contributed by atoms with van der Waals surface area (Å²) in [7, 11) is 0. The van der Waals surface area contributed by atoms with E-state index in [2.05, 4.69) is 15.6 Å². The van der Waals surface area contributed by atoms with Gasteiger partial charge < -0.3 is 25.2 Å². The Morgan fingerprint density at radius 2 is 1.57 bits per heavy atom. The fourth-order valence-corrected chi connectivity index (χ4v) is 4.39. The number of nitrogens with one attached hydrogen (secondary N) is 2. The molecule has 3 atom stereocenters. The van der Waals surface area contributed by atoms with E-state index in [4.69, 9.17) is 9.47 Å². The number of benzene rings is 2. The standard InChI is InChI=1S/C28H35N3O5S/c1-28(2,3)36-27(34)31-24(16-20-10-6-4-7-11-20)25(32)23(15-14-22-17-29-19-37-22)30-26(33)35-18-21-12-8-5-9-13-21/h4-13,17,19,23-25,32H,14-16,18H2,1-3H3,(H,30,33)(H,31,34)/t23-,24-,25-/m0/s1. The molecule has 37 heavy (non-hydrogen) atoms. The van der Waals surface area contributed by atoms with Crippen LogP contribution in [0.15, 0.2) is 72.4 Å². The molecule has 0 aliphatic carbocycles. The van der Waals surface area contributed by atoms with Crippen molar-refractivity contribution in [1.29, 1.82) is 0 Å². The summed E-state index contributed by atoms with van der Waals surface area (Å²) in [6.45, 7) is 5.43. The Labute approximate surface area is 222 Å². The highest BCUT2D eigenvalue weighted by Gasteiger charge is 2.32. The minimum absolute atomic E-state index is 0.105. The predicted molar refractivity (Wildman–Crippen MR) is 143 cm³/mol. The average molecular weight is 526 g/mol. The number of amides is 2. The molecule has 9 heteroatoms. The number of hydrogen-bond acceptors (Lipinski definition) is 7.